The summed E-state index contributed by atoms with van der Waals surface area (Å²) in [6.45, 7) is 0. The van der Waals surface area contributed by atoms with E-state index in [9.17, 15) is 4.79 Å². The molecule has 4 heteroatoms. The van der Waals surface area contributed by atoms with Crippen LogP contribution in [0.3, 0.4) is 0 Å². The molecule has 0 spiro atoms. The van der Waals surface area contributed by atoms with E-state index < -0.39 is 0 Å². The molecule has 3 rings (SSSR count). The predicted octanol–water partition coefficient (Wildman–Crippen LogP) is 3.83. The van der Waals surface area contributed by atoms with Gasteiger partial charge in [0, 0.05) is 17.1 Å². The zero-order valence-electron chi connectivity index (χ0n) is 13.7. The summed E-state index contributed by atoms with van der Waals surface area (Å²) in [5, 5.41) is 4.08. The summed E-state index contributed by atoms with van der Waals surface area (Å²) in [6.07, 6.45) is 9.12. The van der Waals surface area contributed by atoms with Crippen LogP contribution >= 0.6 is 11.6 Å². The van der Waals surface area contributed by atoms with Gasteiger partial charge in [-0.15, -0.1) is 0 Å². The normalized spacial score (nSPS) is 26.9. The molecule has 0 unspecified atom stereocenters. The summed E-state index contributed by atoms with van der Waals surface area (Å²) in [5.41, 5.74) is 6.89. The SMILES string of the molecule is NC1CCC(NC(=O)C2(Cc3cccc(Cl)c3)CCCC2)CC1. The van der Waals surface area contributed by atoms with Crippen molar-refractivity contribution < 1.29 is 4.79 Å². The molecule has 0 aromatic heterocycles. The molecule has 3 N–H and O–H groups in total. The Morgan fingerprint density at radius 1 is 1.22 bits per heavy atom. The fourth-order valence-corrected chi connectivity index (χ4v) is 4.39. The van der Waals surface area contributed by atoms with Gasteiger partial charge in [-0.1, -0.05) is 36.6 Å². The van der Waals surface area contributed by atoms with Gasteiger partial charge in [-0.05, 0) is 62.6 Å². The minimum absolute atomic E-state index is 0.246. The second-order valence-corrected chi connectivity index (χ2v) is 7.82. The van der Waals surface area contributed by atoms with Gasteiger partial charge in [-0.2, -0.15) is 0 Å². The van der Waals surface area contributed by atoms with Gasteiger partial charge in [0.15, 0.2) is 0 Å². The van der Waals surface area contributed by atoms with Crippen LogP contribution in [-0.2, 0) is 11.2 Å². The second kappa shape index (κ2) is 7.23. The minimum Gasteiger partial charge on any atom is -0.353 e. The molecule has 0 aliphatic heterocycles. The number of nitrogens with one attached hydrogen (secondary N) is 1. The topological polar surface area (TPSA) is 55.1 Å². The van der Waals surface area contributed by atoms with Crippen molar-refractivity contribution in [2.24, 2.45) is 11.1 Å². The summed E-state index contributed by atoms with van der Waals surface area (Å²) >= 11 is 6.11. The summed E-state index contributed by atoms with van der Waals surface area (Å²) in [4.78, 5) is 13.0. The monoisotopic (exact) mass is 334 g/mol. The summed E-state index contributed by atoms with van der Waals surface area (Å²) in [7, 11) is 0. The first-order valence-corrected chi connectivity index (χ1v) is 9.26. The molecule has 0 heterocycles. The largest absolute Gasteiger partial charge is 0.353 e. The molecule has 23 heavy (non-hydrogen) atoms. The first-order chi connectivity index (χ1) is 11.1. The molecule has 126 valence electrons. The maximum absolute atomic E-state index is 13.0. The Balaban J connectivity index is 1.68. The first-order valence-electron chi connectivity index (χ1n) is 8.88. The number of halogens is 1. The summed E-state index contributed by atoms with van der Waals surface area (Å²) in [6, 6.07) is 8.56. The fraction of sp³-hybridized carbons (Fsp3) is 0.632. The van der Waals surface area contributed by atoms with Gasteiger partial charge in [0.2, 0.25) is 5.91 Å². The average Bonchev–Trinajstić information content (AvgIpc) is 2.99. The third-order valence-corrected chi connectivity index (χ3v) is 5.82. The maximum atomic E-state index is 13.0. The lowest BCUT2D eigenvalue weighted by Crippen LogP contribution is -2.47. The van der Waals surface area contributed by atoms with E-state index in [1.807, 2.05) is 18.2 Å². The molecular weight excluding hydrogens is 308 g/mol. The van der Waals surface area contributed by atoms with E-state index in [-0.39, 0.29) is 11.3 Å². The molecule has 2 aliphatic carbocycles. The molecule has 1 aromatic rings. The Kier molecular flexibility index (Phi) is 5.27. The van der Waals surface area contributed by atoms with Crippen molar-refractivity contribution in [3.8, 4) is 0 Å². The molecule has 2 fully saturated rings. The number of hydrogen-bond acceptors (Lipinski definition) is 2. The van der Waals surface area contributed by atoms with E-state index in [0.717, 1.165) is 62.8 Å². The van der Waals surface area contributed by atoms with Gasteiger partial charge in [-0.3, -0.25) is 4.79 Å². The summed E-state index contributed by atoms with van der Waals surface area (Å²) < 4.78 is 0. The number of carbonyl (C=O) groups excluding carboxylic acids is 1. The highest BCUT2D eigenvalue weighted by atomic mass is 35.5. The van der Waals surface area contributed by atoms with Gasteiger partial charge in [0.1, 0.15) is 0 Å². The first kappa shape index (κ1) is 16.8. The van der Waals surface area contributed by atoms with Crippen LogP contribution in [0.1, 0.15) is 56.9 Å². The zero-order valence-corrected chi connectivity index (χ0v) is 14.4. The van der Waals surface area contributed by atoms with Crippen molar-refractivity contribution in [2.75, 3.05) is 0 Å². The van der Waals surface area contributed by atoms with Crippen LogP contribution in [0.2, 0.25) is 5.02 Å². The van der Waals surface area contributed by atoms with Crippen LogP contribution in [0.15, 0.2) is 24.3 Å². The van der Waals surface area contributed by atoms with Crippen molar-refractivity contribution in [3.05, 3.63) is 34.9 Å². The van der Waals surface area contributed by atoms with Crippen LogP contribution in [0.4, 0.5) is 0 Å². The van der Waals surface area contributed by atoms with Gasteiger partial charge in [0.25, 0.3) is 0 Å². The Labute approximate surface area is 144 Å². The average molecular weight is 335 g/mol. The highest BCUT2D eigenvalue weighted by Gasteiger charge is 2.41. The lowest BCUT2D eigenvalue weighted by Gasteiger charge is -2.33. The van der Waals surface area contributed by atoms with Gasteiger partial charge in [-0.25, -0.2) is 0 Å². The smallest absolute Gasteiger partial charge is 0.226 e. The Hall–Kier alpha value is -1.06. The molecule has 3 nitrogen and oxygen atoms in total. The molecule has 2 aliphatic rings. The molecule has 0 radical (unpaired) electrons. The highest BCUT2D eigenvalue weighted by molar-refractivity contribution is 6.30. The molecule has 0 saturated heterocycles. The van der Waals surface area contributed by atoms with Crippen molar-refractivity contribution in [1.29, 1.82) is 0 Å². The summed E-state index contributed by atoms with van der Waals surface area (Å²) in [5.74, 6) is 0.246. The molecule has 0 atom stereocenters. The van der Waals surface area contributed by atoms with E-state index in [4.69, 9.17) is 17.3 Å². The predicted molar refractivity (Wildman–Crippen MR) is 94.4 cm³/mol. The van der Waals surface area contributed by atoms with Crippen LogP contribution in [-0.4, -0.2) is 18.0 Å². The van der Waals surface area contributed by atoms with E-state index in [2.05, 4.69) is 11.4 Å². The van der Waals surface area contributed by atoms with E-state index in [0.29, 0.717) is 12.1 Å². The van der Waals surface area contributed by atoms with Gasteiger partial charge >= 0.3 is 0 Å². The lowest BCUT2D eigenvalue weighted by atomic mass is 9.78. The standard InChI is InChI=1S/C19H27ClN2O/c20-15-5-3-4-14(12-15)13-19(10-1-2-11-19)18(23)22-17-8-6-16(21)7-9-17/h3-5,12,16-17H,1-2,6-11,13,21H2,(H,22,23). The van der Waals surface area contributed by atoms with Crippen LogP contribution in [0.5, 0.6) is 0 Å². The molecule has 1 aromatic carbocycles. The van der Waals surface area contributed by atoms with Crippen molar-refractivity contribution >= 4 is 17.5 Å². The van der Waals surface area contributed by atoms with Gasteiger partial charge in [0.05, 0.1) is 5.41 Å². The fourth-order valence-electron chi connectivity index (χ4n) is 4.18. The number of amides is 1. The quantitative estimate of drug-likeness (QED) is 0.879. The number of benzene rings is 1. The Morgan fingerprint density at radius 3 is 2.57 bits per heavy atom. The Bertz CT molecular complexity index is 546. The minimum atomic E-state index is -0.246. The second-order valence-electron chi connectivity index (χ2n) is 7.38. The lowest BCUT2D eigenvalue weighted by molar-refractivity contribution is -0.131. The van der Waals surface area contributed by atoms with Crippen LogP contribution in [0, 0.1) is 5.41 Å². The van der Waals surface area contributed by atoms with Crippen molar-refractivity contribution in [2.45, 2.75) is 69.9 Å². The van der Waals surface area contributed by atoms with E-state index in [1.54, 1.807) is 0 Å². The Morgan fingerprint density at radius 2 is 1.91 bits per heavy atom. The number of hydrogen-bond donors (Lipinski definition) is 2. The number of rotatable bonds is 4. The number of nitrogens with two attached hydrogens (primary N) is 1. The van der Waals surface area contributed by atoms with Gasteiger partial charge < -0.3 is 11.1 Å². The van der Waals surface area contributed by atoms with Crippen LogP contribution < -0.4 is 11.1 Å². The van der Waals surface area contributed by atoms with Crippen molar-refractivity contribution in [3.63, 3.8) is 0 Å². The van der Waals surface area contributed by atoms with Crippen molar-refractivity contribution in [1.82, 2.24) is 5.32 Å². The number of carbonyl (C=O) groups is 1. The maximum Gasteiger partial charge on any atom is 0.226 e. The molecule has 1 amide bonds. The van der Waals surface area contributed by atoms with Crippen LogP contribution in [0.25, 0.3) is 0 Å². The van der Waals surface area contributed by atoms with E-state index in [1.165, 1.54) is 5.56 Å². The highest BCUT2D eigenvalue weighted by Crippen LogP contribution is 2.42. The molecule has 2 saturated carbocycles. The van der Waals surface area contributed by atoms with E-state index >= 15 is 0 Å². The third kappa shape index (κ3) is 4.07. The molecule has 0 bridgehead atoms. The zero-order chi connectivity index (χ0) is 16.3. The molecular formula is C19H27ClN2O. The third-order valence-electron chi connectivity index (χ3n) is 5.58.